The lowest BCUT2D eigenvalue weighted by molar-refractivity contribution is 0.662. The van der Waals surface area contributed by atoms with Crippen molar-refractivity contribution in [1.82, 2.24) is 0 Å². The molecule has 0 N–H and O–H groups in total. The maximum absolute atomic E-state index is 6.68. The van der Waals surface area contributed by atoms with Crippen LogP contribution in [-0.2, 0) is 5.41 Å². The van der Waals surface area contributed by atoms with Gasteiger partial charge < -0.3 is 9.32 Å². The van der Waals surface area contributed by atoms with Gasteiger partial charge in [-0.05, 0) is 97.4 Å². The zero-order chi connectivity index (χ0) is 45.9. The molecular formula is C55H48B9NO. The minimum Gasteiger partial charge on any atom is -0.455 e. The quantitative estimate of drug-likeness (QED) is 0.217. The SMILES string of the molecule is Bc1c(B)c(B)c(-c2c(B)c(B)c(N(c3ccc(-c4cccc5c4C(C)(C)c4ccccc4-5)cc3)c3cccc(-c4cccc5oc6c7ccccc7ccc6c45)c3)c(B)c2B)c(B)c1B. The van der Waals surface area contributed by atoms with Gasteiger partial charge in [-0.2, -0.15) is 0 Å². The van der Waals surface area contributed by atoms with Crippen LogP contribution in [0.3, 0.4) is 0 Å². The predicted octanol–water partition coefficient (Wildman–Crippen LogP) is -0.158. The Hall–Kier alpha value is -6.58. The highest BCUT2D eigenvalue weighted by Crippen LogP contribution is 2.52. The Morgan fingerprint density at radius 1 is 0.424 bits per heavy atom. The number of fused-ring (bicyclic) bond motifs is 8. The standard InChI is InChI=1S/C55H48B9NO/c1-55(2)38-18-6-5-14-35(38)36-17-8-16-33(43(36)55)28-20-23-30(24-21-28)65(53-51(63)46(58)42(47(59)52(53)64)41-44(56)48(60)50(62)49(61)45(41)57)31-12-7-11-29(26-31)32-15-9-19-39-40(32)37-25-22-27-10-3-4-13-34(27)54(37)66-39/h3-26H,56-64H2,1-2H3. The first-order chi connectivity index (χ1) is 31.8. The zero-order valence-corrected chi connectivity index (χ0v) is 40.2. The number of benzene rings is 9. The molecule has 0 aliphatic heterocycles. The summed E-state index contributed by atoms with van der Waals surface area (Å²) in [6, 6.07) is 53.7. The van der Waals surface area contributed by atoms with Gasteiger partial charge in [0.25, 0.3) is 0 Å². The second kappa shape index (κ2) is 15.5. The third-order valence-electron chi connectivity index (χ3n) is 15.9. The Kier molecular flexibility index (Phi) is 9.89. The van der Waals surface area contributed by atoms with E-state index in [1.807, 2.05) is 0 Å². The van der Waals surface area contributed by atoms with Crippen LogP contribution in [-0.4, -0.2) is 70.6 Å². The third kappa shape index (κ3) is 6.15. The second-order valence-corrected chi connectivity index (χ2v) is 19.5. The van der Waals surface area contributed by atoms with Gasteiger partial charge in [0.15, 0.2) is 0 Å². The van der Waals surface area contributed by atoms with Crippen molar-refractivity contribution in [2.75, 3.05) is 4.90 Å². The van der Waals surface area contributed by atoms with Crippen molar-refractivity contribution in [3.8, 4) is 44.5 Å². The van der Waals surface area contributed by atoms with E-state index in [9.17, 15) is 0 Å². The number of nitrogens with zero attached hydrogens (tertiary/aromatic N) is 1. The molecule has 1 aromatic heterocycles. The van der Waals surface area contributed by atoms with Crippen LogP contribution in [0, 0.1) is 0 Å². The molecule has 11 heteroatoms. The maximum atomic E-state index is 6.68. The highest BCUT2D eigenvalue weighted by atomic mass is 16.3. The lowest BCUT2D eigenvalue weighted by Crippen LogP contribution is -2.57. The van der Waals surface area contributed by atoms with Crippen molar-refractivity contribution < 1.29 is 4.42 Å². The molecule has 0 radical (unpaired) electrons. The van der Waals surface area contributed by atoms with E-state index in [1.54, 1.807) is 0 Å². The largest absolute Gasteiger partial charge is 0.455 e. The van der Waals surface area contributed by atoms with Crippen molar-refractivity contribution in [3.63, 3.8) is 0 Å². The Bertz CT molecular complexity index is 3630. The third-order valence-corrected chi connectivity index (χ3v) is 15.9. The lowest BCUT2D eigenvalue weighted by Gasteiger charge is -2.34. The van der Waals surface area contributed by atoms with Gasteiger partial charge in [0.1, 0.15) is 81.8 Å². The molecule has 11 rings (SSSR count). The van der Waals surface area contributed by atoms with Crippen molar-refractivity contribution in [2.45, 2.75) is 19.3 Å². The molecule has 0 amide bonds. The first-order valence-electron chi connectivity index (χ1n) is 23.5. The fourth-order valence-electron chi connectivity index (χ4n) is 11.8. The molecule has 1 aliphatic carbocycles. The van der Waals surface area contributed by atoms with Crippen LogP contribution in [0.15, 0.2) is 150 Å². The molecule has 2 nitrogen and oxygen atoms in total. The van der Waals surface area contributed by atoms with Crippen molar-refractivity contribution in [2.24, 2.45) is 0 Å². The molecule has 0 bridgehead atoms. The molecule has 0 fully saturated rings. The topological polar surface area (TPSA) is 16.4 Å². The second-order valence-electron chi connectivity index (χ2n) is 19.5. The monoisotopic (exact) mass is 837 g/mol. The molecular weight excluding hydrogens is 788 g/mol. The number of rotatable bonds is 6. The van der Waals surface area contributed by atoms with Crippen LogP contribution in [0.2, 0.25) is 0 Å². The minimum atomic E-state index is -0.111. The summed E-state index contributed by atoms with van der Waals surface area (Å²) in [6.07, 6.45) is 0. The lowest BCUT2D eigenvalue weighted by atomic mass is 9.56. The van der Waals surface area contributed by atoms with Crippen LogP contribution in [0.1, 0.15) is 25.0 Å². The number of furan rings is 1. The van der Waals surface area contributed by atoms with Crippen molar-refractivity contribution in [3.05, 3.63) is 157 Å². The summed E-state index contributed by atoms with van der Waals surface area (Å²) in [6.45, 7) is 4.75. The van der Waals surface area contributed by atoms with E-state index in [-0.39, 0.29) is 5.41 Å². The molecule has 66 heavy (non-hydrogen) atoms. The summed E-state index contributed by atoms with van der Waals surface area (Å²) in [5.74, 6) is 0. The Morgan fingerprint density at radius 3 is 1.73 bits per heavy atom. The first-order valence-corrected chi connectivity index (χ1v) is 23.5. The van der Waals surface area contributed by atoms with Gasteiger partial charge in [-0.3, -0.25) is 0 Å². The Labute approximate surface area is 397 Å². The molecule has 1 heterocycles. The first kappa shape index (κ1) is 42.1. The number of hydrogen-bond donors (Lipinski definition) is 0. The summed E-state index contributed by atoms with van der Waals surface area (Å²) in [7, 11) is 20.8. The number of hydrogen-bond acceptors (Lipinski definition) is 2. The van der Waals surface area contributed by atoms with Crippen LogP contribution in [0.5, 0.6) is 0 Å². The molecule has 9 aromatic carbocycles. The normalized spacial score (nSPS) is 12.8. The number of anilines is 3. The van der Waals surface area contributed by atoms with Crippen LogP contribution in [0.4, 0.5) is 17.1 Å². The summed E-state index contributed by atoms with van der Waals surface area (Å²) in [4.78, 5) is 2.52. The fraction of sp³-hybridized carbons (Fsp3) is 0.0545. The average molecular weight is 836 g/mol. The molecule has 0 saturated carbocycles. The van der Waals surface area contributed by atoms with E-state index in [0.717, 1.165) is 49.8 Å². The van der Waals surface area contributed by atoms with E-state index in [1.165, 1.54) is 105 Å². The summed E-state index contributed by atoms with van der Waals surface area (Å²) >= 11 is 0. The van der Waals surface area contributed by atoms with E-state index in [2.05, 4.69) is 235 Å². The maximum Gasteiger partial charge on any atom is 0.143 e. The molecule has 0 atom stereocenters. The van der Waals surface area contributed by atoms with Gasteiger partial charge >= 0.3 is 0 Å². The van der Waals surface area contributed by atoms with E-state index >= 15 is 0 Å². The van der Waals surface area contributed by atoms with Gasteiger partial charge in [-0.1, -0.05) is 156 Å². The van der Waals surface area contributed by atoms with E-state index in [0.29, 0.717) is 0 Å². The molecule has 306 valence electrons. The Morgan fingerprint density at radius 2 is 1.00 bits per heavy atom. The average Bonchev–Trinajstić information content (AvgIpc) is 3.84. The molecule has 0 unspecified atom stereocenters. The summed E-state index contributed by atoms with van der Waals surface area (Å²) in [5.41, 5.74) is 30.4. The van der Waals surface area contributed by atoms with E-state index in [4.69, 9.17) is 4.42 Å². The van der Waals surface area contributed by atoms with Gasteiger partial charge in [-0.15, -0.1) is 16.4 Å². The van der Waals surface area contributed by atoms with Gasteiger partial charge in [-0.25, -0.2) is 0 Å². The predicted molar refractivity (Wildman–Crippen MR) is 313 cm³/mol. The highest BCUT2D eigenvalue weighted by molar-refractivity contribution is 6.71. The summed E-state index contributed by atoms with van der Waals surface area (Å²) < 4.78 is 6.68. The molecule has 0 spiro atoms. The van der Waals surface area contributed by atoms with Crippen molar-refractivity contribution >= 4 is 170 Å². The highest BCUT2D eigenvalue weighted by Gasteiger charge is 2.37. The van der Waals surface area contributed by atoms with Crippen molar-refractivity contribution in [1.29, 1.82) is 0 Å². The zero-order valence-electron chi connectivity index (χ0n) is 40.2. The molecule has 0 saturated heterocycles. The van der Waals surface area contributed by atoms with Gasteiger partial charge in [0.05, 0.1) is 0 Å². The minimum absolute atomic E-state index is 0.111. The summed E-state index contributed by atoms with van der Waals surface area (Å²) in [5, 5.41) is 4.59. The van der Waals surface area contributed by atoms with Gasteiger partial charge in [0.2, 0.25) is 0 Å². The Balaban J connectivity index is 1.12. The van der Waals surface area contributed by atoms with E-state index < -0.39 is 0 Å². The van der Waals surface area contributed by atoms with Gasteiger partial charge in [0, 0.05) is 38.6 Å². The van der Waals surface area contributed by atoms with Crippen LogP contribution in [0.25, 0.3) is 77.2 Å². The molecule has 1 aliphatic rings. The molecule has 10 aromatic rings. The fourth-order valence-corrected chi connectivity index (χ4v) is 11.8. The smallest absolute Gasteiger partial charge is 0.143 e. The van der Waals surface area contributed by atoms with Crippen LogP contribution >= 0.6 is 0 Å². The van der Waals surface area contributed by atoms with Crippen LogP contribution < -0.4 is 54.1 Å².